The zero-order chi connectivity index (χ0) is 17.8. The molecule has 1 aromatic heterocycles. The lowest BCUT2D eigenvalue weighted by Crippen LogP contribution is -2.19. The number of ketones is 1. The third kappa shape index (κ3) is 3.55. The molecule has 0 aliphatic carbocycles. The largest absolute Gasteiger partial charge is 0.426 e. The third-order valence-corrected chi connectivity index (χ3v) is 3.49. The minimum atomic E-state index is -0.855. The Morgan fingerprint density at radius 2 is 1.52 bits per heavy atom. The minimum Gasteiger partial charge on any atom is -0.426 e. The van der Waals surface area contributed by atoms with Crippen molar-refractivity contribution in [3.63, 3.8) is 0 Å². The van der Waals surface area contributed by atoms with Crippen LogP contribution in [-0.2, 0) is 4.79 Å². The van der Waals surface area contributed by atoms with E-state index in [-0.39, 0.29) is 17.1 Å². The molecule has 0 saturated heterocycles. The Kier molecular flexibility index (Phi) is 4.57. The van der Waals surface area contributed by atoms with Crippen LogP contribution in [0.2, 0.25) is 0 Å². The van der Waals surface area contributed by atoms with Crippen LogP contribution in [0.1, 0.15) is 22.8 Å². The van der Waals surface area contributed by atoms with Crippen LogP contribution in [0.4, 0.5) is 0 Å². The van der Waals surface area contributed by atoms with E-state index in [0.717, 1.165) is 0 Å². The lowest BCUT2D eigenvalue weighted by Gasteiger charge is -2.09. The summed E-state index contributed by atoms with van der Waals surface area (Å²) in [7, 11) is 0. The van der Waals surface area contributed by atoms with Crippen LogP contribution in [0.3, 0.4) is 0 Å². The molecule has 3 rings (SSSR count). The van der Waals surface area contributed by atoms with Crippen molar-refractivity contribution in [2.75, 3.05) is 0 Å². The normalized spacial score (nSPS) is 10.3. The summed E-state index contributed by atoms with van der Waals surface area (Å²) in [5, 5.41) is 0. The van der Waals surface area contributed by atoms with Crippen molar-refractivity contribution in [3.8, 4) is 17.1 Å². The molecule has 0 saturated carbocycles. The molecule has 1 heterocycles. The number of hydrogen-bond donors (Lipinski definition) is 0. The van der Waals surface area contributed by atoms with Crippen molar-refractivity contribution < 1.29 is 18.7 Å². The first-order valence-electron chi connectivity index (χ1n) is 7.58. The van der Waals surface area contributed by atoms with Crippen LogP contribution < -0.4 is 10.4 Å². The fourth-order valence-corrected chi connectivity index (χ4v) is 2.39. The average Bonchev–Trinajstić information content (AvgIpc) is 2.62. The van der Waals surface area contributed by atoms with Gasteiger partial charge < -0.3 is 9.15 Å². The van der Waals surface area contributed by atoms with Gasteiger partial charge in [0.25, 0.3) is 0 Å². The Morgan fingerprint density at radius 1 is 0.920 bits per heavy atom. The van der Waals surface area contributed by atoms with Crippen LogP contribution >= 0.6 is 0 Å². The molecule has 0 fully saturated rings. The molecule has 0 aliphatic rings. The second-order valence-electron chi connectivity index (χ2n) is 5.29. The molecule has 2 aromatic carbocycles. The monoisotopic (exact) mass is 334 g/mol. The van der Waals surface area contributed by atoms with Crippen molar-refractivity contribution >= 4 is 11.8 Å². The van der Waals surface area contributed by atoms with Gasteiger partial charge in [0, 0.05) is 24.1 Å². The topological polar surface area (TPSA) is 73.6 Å². The molecule has 0 amide bonds. The van der Waals surface area contributed by atoms with Crippen LogP contribution in [-0.4, -0.2) is 11.8 Å². The number of carbonyl (C=O) groups is 2. The standard InChI is InChI=1S/C20H14O5/c1-13(21)24-17-12-16(14-8-4-2-5-9-14)25-20(23)18(17)19(22)15-10-6-3-7-11-15/h2-12H,1H3. The molecular weight excluding hydrogens is 320 g/mol. The second kappa shape index (κ2) is 6.97. The van der Waals surface area contributed by atoms with E-state index in [4.69, 9.17) is 9.15 Å². The molecule has 0 spiro atoms. The Bertz CT molecular complexity index is 972. The van der Waals surface area contributed by atoms with E-state index in [1.807, 2.05) is 6.07 Å². The molecular formula is C20H14O5. The molecule has 3 aromatic rings. The molecule has 0 atom stereocenters. The van der Waals surface area contributed by atoms with Gasteiger partial charge in [-0.25, -0.2) is 4.79 Å². The van der Waals surface area contributed by atoms with Gasteiger partial charge in [0.05, 0.1) is 0 Å². The van der Waals surface area contributed by atoms with Gasteiger partial charge in [0.1, 0.15) is 5.76 Å². The summed E-state index contributed by atoms with van der Waals surface area (Å²) >= 11 is 0. The fraction of sp³-hybridized carbons (Fsp3) is 0.0500. The SMILES string of the molecule is CC(=O)Oc1cc(-c2ccccc2)oc(=O)c1C(=O)c1ccccc1. The molecule has 5 nitrogen and oxygen atoms in total. The first kappa shape index (κ1) is 16.4. The smallest absolute Gasteiger partial charge is 0.351 e. The van der Waals surface area contributed by atoms with Gasteiger partial charge in [0.15, 0.2) is 11.3 Å². The zero-order valence-corrected chi connectivity index (χ0v) is 13.4. The molecule has 0 bridgehead atoms. The molecule has 25 heavy (non-hydrogen) atoms. The fourth-order valence-electron chi connectivity index (χ4n) is 2.39. The molecule has 124 valence electrons. The maximum absolute atomic E-state index is 12.7. The number of benzene rings is 2. The zero-order valence-electron chi connectivity index (χ0n) is 13.4. The third-order valence-electron chi connectivity index (χ3n) is 3.49. The van der Waals surface area contributed by atoms with Gasteiger partial charge in [0.2, 0.25) is 5.78 Å². The van der Waals surface area contributed by atoms with E-state index in [1.165, 1.54) is 13.0 Å². The van der Waals surface area contributed by atoms with Gasteiger partial charge in [-0.3, -0.25) is 9.59 Å². The van der Waals surface area contributed by atoms with Gasteiger partial charge in [-0.05, 0) is 0 Å². The number of rotatable bonds is 4. The first-order valence-corrected chi connectivity index (χ1v) is 7.58. The summed E-state index contributed by atoms with van der Waals surface area (Å²) in [6.07, 6.45) is 0. The quantitative estimate of drug-likeness (QED) is 0.539. The number of carbonyl (C=O) groups excluding carboxylic acids is 2. The van der Waals surface area contributed by atoms with Crippen molar-refractivity contribution in [1.82, 2.24) is 0 Å². The highest BCUT2D eigenvalue weighted by Gasteiger charge is 2.23. The number of ether oxygens (including phenoxy) is 1. The second-order valence-corrected chi connectivity index (χ2v) is 5.29. The van der Waals surface area contributed by atoms with E-state index in [0.29, 0.717) is 11.1 Å². The van der Waals surface area contributed by atoms with Crippen molar-refractivity contribution in [2.45, 2.75) is 6.92 Å². The van der Waals surface area contributed by atoms with Crippen molar-refractivity contribution in [1.29, 1.82) is 0 Å². The highest BCUT2D eigenvalue weighted by Crippen LogP contribution is 2.26. The van der Waals surface area contributed by atoms with E-state index in [9.17, 15) is 14.4 Å². The van der Waals surface area contributed by atoms with Crippen molar-refractivity contribution in [3.05, 3.63) is 88.3 Å². The number of hydrogen-bond acceptors (Lipinski definition) is 5. The van der Waals surface area contributed by atoms with Gasteiger partial charge >= 0.3 is 11.6 Å². The summed E-state index contributed by atoms with van der Waals surface area (Å²) in [4.78, 5) is 36.5. The Labute approximate surface area is 143 Å². The Morgan fingerprint density at radius 3 is 2.12 bits per heavy atom. The van der Waals surface area contributed by atoms with Crippen LogP contribution in [0.5, 0.6) is 5.75 Å². The summed E-state index contributed by atoms with van der Waals surface area (Å²) in [5.74, 6) is -1.10. The van der Waals surface area contributed by atoms with E-state index in [1.54, 1.807) is 54.6 Å². The minimum absolute atomic E-state index is 0.114. The predicted molar refractivity (Wildman–Crippen MR) is 91.6 cm³/mol. The first-order chi connectivity index (χ1) is 12.1. The van der Waals surface area contributed by atoms with Gasteiger partial charge in [-0.1, -0.05) is 60.7 Å². The predicted octanol–water partition coefficient (Wildman–Crippen LogP) is 3.46. The molecule has 0 radical (unpaired) electrons. The molecule has 0 unspecified atom stereocenters. The van der Waals surface area contributed by atoms with Crippen LogP contribution in [0.25, 0.3) is 11.3 Å². The van der Waals surface area contributed by atoms with E-state index < -0.39 is 17.4 Å². The van der Waals surface area contributed by atoms with E-state index in [2.05, 4.69) is 0 Å². The lowest BCUT2D eigenvalue weighted by molar-refractivity contribution is -0.131. The van der Waals surface area contributed by atoms with Crippen molar-refractivity contribution in [2.24, 2.45) is 0 Å². The maximum Gasteiger partial charge on any atom is 0.351 e. The molecule has 0 aliphatic heterocycles. The summed E-state index contributed by atoms with van der Waals surface area (Å²) in [6.45, 7) is 1.20. The Balaban J connectivity index is 2.16. The summed E-state index contributed by atoms with van der Waals surface area (Å²) in [6, 6.07) is 18.5. The van der Waals surface area contributed by atoms with Gasteiger partial charge in [-0.2, -0.15) is 0 Å². The molecule has 5 heteroatoms. The lowest BCUT2D eigenvalue weighted by atomic mass is 10.0. The van der Waals surface area contributed by atoms with Crippen LogP contribution in [0.15, 0.2) is 75.9 Å². The van der Waals surface area contributed by atoms with E-state index >= 15 is 0 Å². The van der Waals surface area contributed by atoms with Crippen LogP contribution in [0, 0.1) is 0 Å². The average molecular weight is 334 g/mol. The number of esters is 1. The maximum atomic E-state index is 12.7. The summed E-state index contributed by atoms with van der Waals surface area (Å²) in [5.41, 5.74) is -0.227. The Hall–Kier alpha value is -3.47. The highest BCUT2D eigenvalue weighted by atomic mass is 16.5. The summed E-state index contributed by atoms with van der Waals surface area (Å²) < 4.78 is 10.4. The molecule has 0 N–H and O–H groups in total. The van der Waals surface area contributed by atoms with Gasteiger partial charge in [-0.15, -0.1) is 0 Å². The highest BCUT2D eigenvalue weighted by molar-refractivity contribution is 6.10.